The molecule has 0 radical (unpaired) electrons. The number of nitrogens with zero attached hydrogens (tertiary/aromatic N) is 10. The summed E-state index contributed by atoms with van der Waals surface area (Å²) < 4.78 is 2.11. The monoisotopic (exact) mass is 504 g/mol. The van der Waals surface area contributed by atoms with Gasteiger partial charge >= 0.3 is 0 Å². The molecule has 0 N–H and O–H groups in total. The zero-order valence-corrected chi connectivity index (χ0v) is 20.9. The van der Waals surface area contributed by atoms with Crippen LogP contribution < -0.4 is 9.80 Å². The summed E-state index contributed by atoms with van der Waals surface area (Å²) in [6.07, 6.45) is 1.63. The maximum Gasteiger partial charge on any atom is 0.236 e. The van der Waals surface area contributed by atoms with E-state index >= 15 is 0 Å². The molecule has 36 heavy (non-hydrogen) atoms. The number of aromatic nitrogens is 5. The number of nitriles is 1. The fourth-order valence-electron chi connectivity index (χ4n) is 5.27. The summed E-state index contributed by atoms with van der Waals surface area (Å²) in [5.41, 5.74) is 2.55. The second kappa shape index (κ2) is 8.43. The lowest BCUT2D eigenvalue weighted by Crippen LogP contribution is -2.73. The van der Waals surface area contributed by atoms with Crippen molar-refractivity contribution in [2.45, 2.75) is 13.1 Å². The van der Waals surface area contributed by atoms with E-state index in [-0.39, 0.29) is 11.3 Å². The number of amides is 1. The fourth-order valence-corrected chi connectivity index (χ4v) is 5.47. The molecule has 1 amide bonds. The molecule has 3 aliphatic rings. The quantitative estimate of drug-likeness (QED) is 0.519. The summed E-state index contributed by atoms with van der Waals surface area (Å²) in [7, 11) is 3.53. The van der Waals surface area contributed by atoms with Gasteiger partial charge in [-0.3, -0.25) is 14.3 Å². The molecular formula is C24H25ClN10O. The van der Waals surface area contributed by atoms with E-state index in [1.165, 1.54) is 0 Å². The molecule has 3 aliphatic heterocycles. The van der Waals surface area contributed by atoms with Gasteiger partial charge in [0.2, 0.25) is 17.8 Å². The number of carbonyl (C=O) groups is 1. The van der Waals surface area contributed by atoms with Crippen molar-refractivity contribution in [3.05, 3.63) is 52.6 Å². The van der Waals surface area contributed by atoms with Crippen molar-refractivity contribution in [3.63, 3.8) is 0 Å². The lowest BCUT2D eigenvalue weighted by Gasteiger charge is -2.60. The van der Waals surface area contributed by atoms with Crippen LogP contribution in [0.4, 0.5) is 11.9 Å². The van der Waals surface area contributed by atoms with Crippen LogP contribution in [-0.2, 0) is 17.9 Å². The van der Waals surface area contributed by atoms with E-state index < -0.39 is 0 Å². The van der Waals surface area contributed by atoms with Crippen LogP contribution in [0.25, 0.3) is 5.69 Å². The summed E-state index contributed by atoms with van der Waals surface area (Å²) in [5.74, 6) is 2.25. The minimum absolute atomic E-state index is 0.0373. The first-order valence-electron chi connectivity index (χ1n) is 11.7. The van der Waals surface area contributed by atoms with Crippen LogP contribution >= 0.6 is 11.6 Å². The van der Waals surface area contributed by atoms with E-state index in [1.807, 2.05) is 18.2 Å². The molecule has 1 aromatic carbocycles. The van der Waals surface area contributed by atoms with Crippen LogP contribution in [0.3, 0.4) is 0 Å². The molecule has 184 valence electrons. The molecule has 0 atom stereocenters. The molecule has 0 saturated carbocycles. The average Bonchev–Trinajstić information content (AvgIpc) is 3.13. The number of likely N-dealkylation sites (N-methyl/N-ethyl adjacent to an activating group) is 1. The predicted molar refractivity (Wildman–Crippen MR) is 133 cm³/mol. The van der Waals surface area contributed by atoms with Gasteiger partial charge < -0.3 is 14.7 Å². The van der Waals surface area contributed by atoms with Crippen LogP contribution in [0.5, 0.6) is 0 Å². The summed E-state index contributed by atoms with van der Waals surface area (Å²) in [4.78, 5) is 29.1. The first-order valence-corrected chi connectivity index (χ1v) is 12.1. The third-order valence-corrected chi connectivity index (χ3v) is 7.28. The topological polar surface area (TPSA) is 110 Å². The van der Waals surface area contributed by atoms with E-state index in [2.05, 4.69) is 45.5 Å². The number of halogens is 1. The summed E-state index contributed by atoms with van der Waals surface area (Å²) in [5, 5.41) is 18.9. The molecule has 0 aliphatic carbocycles. The second-order valence-electron chi connectivity index (χ2n) is 10.0. The highest BCUT2D eigenvalue weighted by molar-refractivity contribution is 6.30. The minimum atomic E-state index is 0.0373. The van der Waals surface area contributed by atoms with E-state index in [0.29, 0.717) is 36.3 Å². The van der Waals surface area contributed by atoms with Crippen molar-refractivity contribution in [1.29, 1.82) is 5.26 Å². The largest absolute Gasteiger partial charge is 0.348 e. The lowest BCUT2D eigenvalue weighted by molar-refractivity contribution is -0.130. The first kappa shape index (κ1) is 22.7. The highest BCUT2D eigenvalue weighted by Gasteiger charge is 2.54. The molecule has 1 spiro atoms. The number of hydrogen-bond donors (Lipinski definition) is 0. The van der Waals surface area contributed by atoms with E-state index in [0.717, 1.165) is 49.2 Å². The molecule has 0 bridgehead atoms. The van der Waals surface area contributed by atoms with Gasteiger partial charge in [-0.2, -0.15) is 5.26 Å². The lowest BCUT2D eigenvalue weighted by atomic mass is 9.73. The molecule has 2 saturated heterocycles. The summed E-state index contributed by atoms with van der Waals surface area (Å²) in [6, 6.07) is 9.53. The van der Waals surface area contributed by atoms with Crippen LogP contribution in [0.2, 0.25) is 5.02 Å². The Morgan fingerprint density at radius 3 is 2.67 bits per heavy atom. The Hall–Kier alpha value is -3.75. The van der Waals surface area contributed by atoms with Crippen LogP contribution in [0, 0.1) is 16.7 Å². The number of rotatable bonds is 4. The Morgan fingerprint density at radius 1 is 1.14 bits per heavy atom. The Labute approximate surface area is 213 Å². The molecule has 2 fully saturated rings. The third kappa shape index (κ3) is 3.83. The number of hydrogen-bond acceptors (Lipinski definition) is 9. The number of carbonyl (C=O) groups excluding carboxylic acids is 1. The second-order valence-corrected chi connectivity index (χ2v) is 10.5. The van der Waals surface area contributed by atoms with Crippen LogP contribution in [-0.4, -0.2) is 87.3 Å². The van der Waals surface area contributed by atoms with Crippen molar-refractivity contribution in [2.75, 3.05) is 56.6 Å². The zero-order chi connectivity index (χ0) is 25.0. The SMILES string of the molecule is CN(C)C(=O)CN1Cc2cc(Cl)ccc2-n2c(nnc2N2CC3(CN(c4nccc(C#N)n4)C3)C2)C1. The number of anilines is 2. The van der Waals surface area contributed by atoms with E-state index in [1.54, 1.807) is 31.3 Å². The van der Waals surface area contributed by atoms with Gasteiger partial charge in [-0.05, 0) is 29.8 Å². The summed E-state index contributed by atoms with van der Waals surface area (Å²) >= 11 is 6.35. The Morgan fingerprint density at radius 2 is 1.92 bits per heavy atom. The van der Waals surface area contributed by atoms with Gasteiger partial charge in [0.25, 0.3) is 0 Å². The van der Waals surface area contributed by atoms with Gasteiger partial charge in [0.05, 0.1) is 18.8 Å². The minimum Gasteiger partial charge on any atom is -0.348 e. The van der Waals surface area contributed by atoms with Crippen molar-refractivity contribution in [1.82, 2.24) is 34.5 Å². The fraction of sp³-hybridized carbons (Fsp3) is 0.417. The molecule has 0 unspecified atom stereocenters. The van der Waals surface area contributed by atoms with Crippen LogP contribution in [0.1, 0.15) is 17.1 Å². The smallest absolute Gasteiger partial charge is 0.236 e. The average molecular weight is 505 g/mol. The highest BCUT2D eigenvalue weighted by Crippen LogP contribution is 2.43. The standard InChI is InChI=1S/C24H25ClN10O/c1-31(2)21(36)11-32-9-16-7-17(25)3-4-19(16)35-20(10-32)29-30-23(35)34-14-24(15-34)12-33(13-24)22-27-6-5-18(8-26)28-22/h3-7H,9-15H2,1-2H3. The maximum absolute atomic E-state index is 12.4. The molecule has 2 aromatic heterocycles. The molecule has 12 heteroatoms. The van der Waals surface area contributed by atoms with Crippen molar-refractivity contribution < 1.29 is 4.79 Å². The van der Waals surface area contributed by atoms with Crippen molar-refractivity contribution in [3.8, 4) is 11.8 Å². The Balaban J connectivity index is 1.22. The van der Waals surface area contributed by atoms with Gasteiger partial charge in [0, 0.05) is 63.5 Å². The van der Waals surface area contributed by atoms with Gasteiger partial charge in [0.1, 0.15) is 11.8 Å². The van der Waals surface area contributed by atoms with Gasteiger partial charge in [-0.25, -0.2) is 9.97 Å². The van der Waals surface area contributed by atoms with Gasteiger partial charge in [-0.15, -0.1) is 10.2 Å². The summed E-state index contributed by atoms with van der Waals surface area (Å²) in [6.45, 7) is 4.78. The number of benzene rings is 1. The van der Waals surface area contributed by atoms with Gasteiger partial charge in [-0.1, -0.05) is 11.6 Å². The molecule has 3 aromatic rings. The zero-order valence-electron chi connectivity index (χ0n) is 20.1. The third-order valence-electron chi connectivity index (χ3n) is 7.04. The molecule has 6 rings (SSSR count). The molecular weight excluding hydrogens is 480 g/mol. The normalized spacial score (nSPS) is 17.9. The maximum atomic E-state index is 12.4. The van der Waals surface area contributed by atoms with Gasteiger partial charge in [0.15, 0.2) is 5.82 Å². The molecule has 11 nitrogen and oxygen atoms in total. The van der Waals surface area contributed by atoms with Crippen LogP contribution in [0.15, 0.2) is 30.5 Å². The Bertz CT molecular complexity index is 1380. The van der Waals surface area contributed by atoms with Crippen molar-refractivity contribution >= 4 is 29.4 Å². The van der Waals surface area contributed by atoms with E-state index in [4.69, 9.17) is 16.9 Å². The predicted octanol–water partition coefficient (Wildman–Crippen LogP) is 1.31. The van der Waals surface area contributed by atoms with E-state index in [9.17, 15) is 4.79 Å². The first-order chi connectivity index (χ1) is 17.3. The number of fused-ring (bicyclic) bond motifs is 3. The Kier molecular flexibility index (Phi) is 5.31. The van der Waals surface area contributed by atoms with Crippen molar-refractivity contribution in [2.24, 2.45) is 5.41 Å². The highest BCUT2D eigenvalue weighted by atomic mass is 35.5. The molecule has 5 heterocycles.